The van der Waals surface area contributed by atoms with Crippen LogP contribution in [-0.4, -0.2) is 47.3 Å². The van der Waals surface area contributed by atoms with E-state index in [4.69, 9.17) is 5.73 Å². The molecule has 3 heterocycles. The van der Waals surface area contributed by atoms with Crippen molar-refractivity contribution < 1.29 is 14.4 Å². The van der Waals surface area contributed by atoms with Crippen molar-refractivity contribution in [3.05, 3.63) is 53.2 Å². The summed E-state index contributed by atoms with van der Waals surface area (Å²) in [6.07, 6.45) is 9.30. The number of aromatic nitrogens is 1. The van der Waals surface area contributed by atoms with Crippen LogP contribution in [0.2, 0.25) is 0 Å². The van der Waals surface area contributed by atoms with Crippen LogP contribution in [0.5, 0.6) is 0 Å². The second-order valence-electron chi connectivity index (χ2n) is 10.5. The summed E-state index contributed by atoms with van der Waals surface area (Å²) in [5, 5.41) is 6.53. The van der Waals surface area contributed by atoms with Crippen molar-refractivity contribution in [3.8, 4) is 0 Å². The van der Waals surface area contributed by atoms with Crippen LogP contribution in [0.4, 0.5) is 11.5 Å². The Morgan fingerprint density at radius 1 is 1.03 bits per heavy atom. The third-order valence-corrected chi connectivity index (χ3v) is 7.71. The first-order valence-electron chi connectivity index (χ1n) is 13.2. The van der Waals surface area contributed by atoms with Gasteiger partial charge in [0.2, 0.25) is 0 Å². The normalized spacial score (nSPS) is 22.8. The summed E-state index contributed by atoms with van der Waals surface area (Å²) in [5.74, 6) is 1.05. The van der Waals surface area contributed by atoms with Crippen molar-refractivity contribution in [3.63, 3.8) is 0 Å². The standard InChI is InChI=1S/C28H35N5O3/c1-2-3-25(34)19-7-11-26(31-16-19)33-21-8-9-22(33)14-20(13-21)32-28(36)18-6-10-23(27(29)35)24(12-18)30-15-17-4-5-17/h6-7,10-12,16-17,20-22,30H,2-5,8-9,13-15H2,1H3,(H2,29,35)(H,32,36)/t20-,21+,22-. The van der Waals surface area contributed by atoms with Crippen LogP contribution >= 0.6 is 0 Å². The SMILES string of the molecule is CCCC(=O)c1ccc(N2[C@@H]3CC[C@H]2C[C@@H](NC(=O)c2ccc(C(N)=O)c(NCC4CC4)c2)C3)nc1. The molecule has 1 saturated carbocycles. The second kappa shape index (κ2) is 10.3. The van der Waals surface area contributed by atoms with Crippen LogP contribution in [0, 0.1) is 5.92 Å². The first-order chi connectivity index (χ1) is 17.4. The summed E-state index contributed by atoms with van der Waals surface area (Å²) in [6, 6.07) is 9.61. The van der Waals surface area contributed by atoms with Gasteiger partial charge in [0.15, 0.2) is 5.78 Å². The smallest absolute Gasteiger partial charge is 0.251 e. The molecule has 2 amide bonds. The van der Waals surface area contributed by atoms with E-state index in [9.17, 15) is 14.4 Å². The minimum Gasteiger partial charge on any atom is -0.384 e. The Morgan fingerprint density at radius 3 is 2.36 bits per heavy atom. The first kappa shape index (κ1) is 24.3. The Kier molecular flexibility index (Phi) is 6.94. The van der Waals surface area contributed by atoms with Crippen LogP contribution in [0.3, 0.4) is 0 Å². The molecule has 36 heavy (non-hydrogen) atoms. The largest absolute Gasteiger partial charge is 0.384 e. The Morgan fingerprint density at radius 2 is 1.75 bits per heavy atom. The summed E-state index contributed by atoms with van der Waals surface area (Å²) >= 11 is 0. The molecule has 5 rings (SSSR count). The van der Waals surface area contributed by atoms with E-state index in [1.807, 2.05) is 19.1 Å². The lowest BCUT2D eigenvalue weighted by Crippen LogP contribution is -2.50. The van der Waals surface area contributed by atoms with Gasteiger partial charge in [0, 0.05) is 54.1 Å². The highest BCUT2D eigenvalue weighted by molar-refractivity contribution is 6.02. The van der Waals surface area contributed by atoms with Gasteiger partial charge in [-0.3, -0.25) is 14.4 Å². The van der Waals surface area contributed by atoms with Crippen molar-refractivity contribution in [1.82, 2.24) is 10.3 Å². The summed E-state index contributed by atoms with van der Waals surface area (Å²) in [4.78, 5) is 44.1. The Labute approximate surface area is 212 Å². The number of ketones is 1. The number of piperidine rings is 1. The number of carbonyl (C=O) groups excluding carboxylic acids is 3. The van der Waals surface area contributed by atoms with E-state index in [2.05, 4.69) is 20.5 Å². The number of nitrogens with two attached hydrogens (primary N) is 1. The molecule has 8 heteroatoms. The van der Waals surface area contributed by atoms with E-state index in [1.165, 1.54) is 12.8 Å². The van der Waals surface area contributed by atoms with Crippen LogP contribution < -0.4 is 21.3 Å². The molecule has 2 saturated heterocycles. The molecule has 1 aromatic carbocycles. The van der Waals surface area contributed by atoms with Crippen molar-refractivity contribution in [2.24, 2.45) is 11.7 Å². The highest BCUT2D eigenvalue weighted by Gasteiger charge is 2.41. The van der Waals surface area contributed by atoms with Gasteiger partial charge in [-0.15, -0.1) is 0 Å². The van der Waals surface area contributed by atoms with Crippen LogP contribution in [-0.2, 0) is 0 Å². The van der Waals surface area contributed by atoms with Gasteiger partial charge >= 0.3 is 0 Å². The highest BCUT2D eigenvalue weighted by atomic mass is 16.2. The molecule has 2 aliphatic heterocycles. The zero-order valence-corrected chi connectivity index (χ0v) is 20.8. The maximum Gasteiger partial charge on any atom is 0.251 e. The maximum atomic E-state index is 13.1. The lowest BCUT2D eigenvalue weighted by Gasteiger charge is -2.40. The van der Waals surface area contributed by atoms with Crippen LogP contribution in [0.15, 0.2) is 36.5 Å². The molecular formula is C28H35N5O3. The summed E-state index contributed by atoms with van der Waals surface area (Å²) in [7, 11) is 0. The van der Waals surface area contributed by atoms with E-state index in [0.29, 0.717) is 46.8 Å². The molecule has 0 spiro atoms. The van der Waals surface area contributed by atoms with E-state index in [1.54, 1.807) is 24.4 Å². The number of benzene rings is 1. The molecule has 0 unspecified atom stereocenters. The van der Waals surface area contributed by atoms with E-state index < -0.39 is 5.91 Å². The molecule has 2 aromatic rings. The summed E-state index contributed by atoms with van der Waals surface area (Å²) in [5.41, 5.74) is 7.78. The quantitative estimate of drug-likeness (QED) is 0.436. The van der Waals surface area contributed by atoms with Gasteiger partial charge in [-0.05, 0) is 81.2 Å². The predicted molar refractivity (Wildman–Crippen MR) is 139 cm³/mol. The zero-order valence-electron chi connectivity index (χ0n) is 20.8. The number of nitrogens with zero attached hydrogens (tertiary/aromatic N) is 2. The Balaban J connectivity index is 1.23. The third-order valence-electron chi connectivity index (χ3n) is 7.71. The molecule has 1 aliphatic carbocycles. The van der Waals surface area contributed by atoms with Gasteiger partial charge in [-0.1, -0.05) is 6.92 Å². The number of carbonyl (C=O) groups is 3. The number of anilines is 2. The Hall–Kier alpha value is -3.42. The van der Waals surface area contributed by atoms with Gasteiger partial charge in [0.1, 0.15) is 5.82 Å². The average Bonchev–Trinajstić information content (AvgIpc) is 3.66. The lowest BCUT2D eigenvalue weighted by molar-refractivity contribution is 0.0924. The minimum absolute atomic E-state index is 0.0790. The number of Topliss-reactive ketones (excluding diaryl/α,β-unsaturated/α-hetero) is 1. The van der Waals surface area contributed by atoms with E-state index in [-0.39, 0.29) is 17.7 Å². The molecule has 1 aromatic heterocycles. The Bertz CT molecular complexity index is 1130. The first-order valence-corrected chi connectivity index (χ1v) is 13.2. The summed E-state index contributed by atoms with van der Waals surface area (Å²) in [6.45, 7) is 2.79. The van der Waals surface area contributed by atoms with Crippen molar-refractivity contribution in [2.75, 3.05) is 16.8 Å². The summed E-state index contributed by atoms with van der Waals surface area (Å²) < 4.78 is 0. The molecule has 2 bridgehead atoms. The predicted octanol–water partition coefficient (Wildman–Crippen LogP) is 3.92. The number of rotatable bonds is 10. The van der Waals surface area contributed by atoms with Crippen molar-refractivity contribution >= 4 is 29.1 Å². The van der Waals surface area contributed by atoms with Gasteiger partial charge in [-0.25, -0.2) is 4.98 Å². The van der Waals surface area contributed by atoms with Gasteiger partial charge < -0.3 is 21.3 Å². The fourth-order valence-electron chi connectivity index (χ4n) is 5.64. The second-order valence-corrected chi connectivity index (χ2v) is 10.5. The third kappa shape index (κ3) is 5.22. The molecule has 190 valence electrons. The van der Waals surface area contributed by atoms with Gasteiger partial charge in [0.05, 0.1) is 5.56 Å². The molecular weight excluding hydrogens is 454 g/mol. The van der Waals surface area contributed by atoms with Crippen LogP contribution in [0.25, 0.3) is 0 Å². The number of pyridine rings is 1. The van der Waals surface area contributed by atoms with Crippen molar-refractivity contribution in [2.45, 2.75) is 76.4 Å². The van der Waals surface area contributed by atoms with Crippen molar-refractivity contribution in [1.29, 1.82) is 0 Å². The number of hydrogen-bond acceptors (Lipinski definition) is 6. The van der Waals surface area contributed by atoms with E-state index >= 15 is 0 Å². The molecule has 0 radical (unpaired) electrons. The number of hydrogen-bond donors (Lipinski definition) is 3. The van der Waals surface area contributed by atoms with Gasteiger partial charge in [0.25, 0.3) is 11.8 Å². The molecule has 3 fully saturated rings. The molecule has 3 atom stereocenters. The fourth-order valence-corrected chi connectivity index (χ4v) is 5.64. The van der Waals surface area contributed by atoms with Crippen LogP contribution in [0.1, 0.15) is 89.4 Å². The maximum absolute atomic E-state index is 13.1. The topological polar surface area (TPSA) is 117 Å². The number of fused-ring (bicyclic) bond motifs is 2. The molecule has 4 N–H and O–H groups in total. The lowest BCUT2D eigenvalue weighted by atomic mass is 9.96. The molecule has 3 aliphatic rings. The minimum atomic E-state index is -0.499. The number of nitrogens with one attached hydrogen (secondary N) is 2. The van der Waals surface area contributed by atoms with E-state index in [0.717, 1.165) is 44.5 Å². The zero-order chi connectivity index (χ0) is 25.2. The highest BCUT2D eigenvalue weighted by Crippen LogP contribution is 2.38. The monoisotopic (exact) mass is 489 g/mol. The average molecular weight is 490 g/mol. The number of amides is 2. The van der Waals surface area contributed by atoms with Gasteiger partial charge in [-0.2, -0.15) is 0 Å². The molecule has 8 nitrogen and oxygen atoms in total. The fraction of sp³-hybridized carbons (Fsp3) is 0.500. The number of primary amides is 1.